The van der Waals surface area contributed by atoms with Gasteiger partial charge in [-0.25, -0.2) is 0 Å². The van der Waals surface area contributed by atoms with Crippen molar-refractivity contribution in [1.29, 1.82) is 0 Å². The minimum absolute atomic E-state index is 0.0794. The van der Waals surface area contributed by atoms with Crippen molar-refractivity contribution in [1.82, 2.24) is 10.2 Å². The van der Waals surface area contributed by atoms with E-state index in [0.29, 0.717) is 13.2 Å². The lowest BCUT2D eigenvalue weighted by atomic mass is 10.1. The summed E-state index contributed by atoms with van der Waals surface area (Å²) in [4.78, 5) is 15.4. The fourth-order valence-corrected chi connectivity index (χ4v) is 2.22. The number of hydrogen-bond donors (Lipinski definition) is 1. The number of carbonyl (C=O) groups is 1. The topological polar surface area (TPSA) is 44.8 Å². The van der Waals surface area contributed by atoms with Crippen molar-refractivity contribution in [2.24, 2.45) is 0 Å². The van der Waals surface area contributed by atoms with Crippen molar-refractivity contribution in [2.75, 3.05) is 52.8 Å². The summed E-state index contributed by atoms with van der Waals surface area (Å²) in [5.74, 6) is 0.0794. The molecule has 1 N–H and O–H groups in total. The van der Waals surface area contributed by atoms with Gasteiger partial charge < -0.3 is 19.9 Å². The van der Waals surface area contributed by atoms with Crippen LogP contribution in [0.2, 0.25) is 0 Å². The first-order valence-corrected chi connectivity index (χ1v) is 7.64. The Morgan fingerprint density at radius 1 is 1.33 bits per heavy atom. The summed E-state index contributed by atoms with van der Waals surface area (Å²) >= 11 is 3.49. The Morgan fingerprint density at radius 3 is 2.67 bits per heavy atom. The van der Waals surface area contributed by atoms with E-state index in [9.17, 15) is 4.79 Å². The number of carbonyl (C=O) groups excluding carboxylic acids is 1. The predicted octanol–water partition coefficient (Wildman–Crippen LogP) is 1.71. The van der Waals surface area contributed by atoms with Gasteiger partial charge in [0.2, 0.25) is 5.91 Å². The molecular formula is C15H24BrN3O2. The number of hydrogen-bond acceptors (Lipinski definition) is 4. The molecule has 21 heavy (non-hydrogen) atoms. The van der Waals surface area contributed by atoms with Gasteiger partial charge in [-0.3, -0.25) is 4.79 Å². The van der Waals surface area contributed by atoms with Crippen LogP contribution in [0.25, 0.3) is 0 Å². The van der Waals surface area contributed by atoms with Crippen LogP contribution < -0.4 is 10.2 Å². The molecule has 0 saturated carbocycles. The van der Waals surface area contributed by atoms with Gasteiger partial charge in [0.1, 0.15) is 0 Å². The molecule has 0 saturated heterocycles. The average Bonchev–Trinajstić information content (AvgIpc) is 2.44. The van der Waals surface area contributed by atoms with E-state index in [4.69, 9.17) is 4.74 Å². The molecule has 0 bridgehead atoms. The molecule has 0 aromatic heterocycles. The molecule has 1 aromatic rings. The molecule has 0 unspecified atom stereocenters. The molecule has 0 spiro atoms. The summed E-state index contributed by atoms with van der Waals surface area (Å²) in [6.45, 7) is 2.58. The van der Waals surface area contributed by atoms with E-state index in [0.717, 1.165) is 28.8 Å². The molecule has 0 heterocycles. The van der Waals surface area contributed by atoms with Crippen LogP contribution in [0.15, 0.2) is 22.7 Å². The molecular weight excluding hydrogens is 334 g/mol. The van der Waals surface area contributed by atoms with Gasteiger partial charge in [-0.15, -0.1) is 0 Å². The molecule has 0 aliphatic rings. The van der Waals surface area contributed by atoms with Crippen molar-refractivity contribution in [2.45, 2.75) is 6.54 Å². The first kappa shape index (κ1) is 17.9. The van der Waals surface area contributed by atoms with Crippen LogP contribution in [-0.4, -0.2) is 58.8 Å². The second-order valence-electron chi connectivity index (χ2n) is 5.09. The van der Waals surface area contributed by atoms with Gasteiger partial charge in [-0.2, -0.15) is 0 Å². The minimum atomic E-state index is 0.0794. The number of benzene rings is 1. The summed E-state index contributed by atoms with van der Waals surface area (Å²) in [5.41, 5.74) is 2.20. The molecule has 0 fully saturated rings. The highest BCUT2D eigenvalue weighted by Crippen LogP contribution is 2.24. The van der Waals surface area contributed by atoms with E-state index in [1.54, 1.807) is 26.1 Å². The quantitative estimate of drug-likeness (QED) is 0.719. The zero-order valence-electron chi connectivity index (χ0n) is 13.1. The summed E-state index contributed by atoms with van der Waals surface area (Å²) in [6, 6.07) is 6.12. The van der Waals surface area contributed by atoms with Gasteiger partial charge >= 0.3 is 0 Å². The molecule has 0 radical (unpaired) electrons. The van der Waals surface area contributed by atoms with E-state index in [1.165, 1.54) is 0 Å². The maximum Gasteiger partial charge on any atom is 0.241 e. The van der Waals surface area contributed by atoms with Crippen LogP contribution in [0.3, 0.4) is 0 Å². The van der Waals surface area contributed by atoms with Gasteiger partial charge in [0.05, 0.1) is 13.2 Å². The summed E-state index contributed by atoms with van der Waals surface area (Å²) in [7, 11) is 7.16. The van der Waals surface area contributed by atoms with Gasteiger partial charge in [-0.05, 0) is 17.7 Å². The molecule has 1 rings (SSSR count). The van der Waals surface area contributed by atoms with Crippen molar-refractivity contribution >= 4 is 27.5 Å². The van der Waals surface area contributed by atoms with E-state index in [1.807, 2.05) is 24.1 Å². The Bertz CT molecular complexity index is 466. The van der Waals surface area contributed by atoms with Crippen LogP contribution in [-0.2, 0) is 16.1 Å². The third kappa shape index (κ3) is 6.03. The molecule has 0 aliphatic carbocycles. The zero-order valence-corrected chi connectivity index (χ0v) is 14.7. The third-order valence-corrected chi connectivity index (χ3v) is 3.62. The molecule has 1 amide bonds. The maximum atomic E-state index is 11.9. The average molecular weight is 358 g/mol. The molecule has 5 nitrogen and oxygen atoms in total. The van der Waals surface area contributed by atoms with Gasteiger partial charge in [-0.1, -0.05) is 22.0 Å². The van der Waals surface area contributed by atoms with Crippen LogP contribution >= 0.6 is 15.9 Å². The maximum absolute atomic E-state index is 11.9. The number of methoxy groups -OCH3 is 1. The lowest BCUT2D eigenvalue weighted by Gasteiger charge is -2.24. The number of ether oxygens (including phenoxy) is 1. The second-order valence-corrected chi connectivity index (χ2v) is 6.00. The first-order valence-electron chi connectivity index (χ1n) is 6.85. The lowest BCUT2D eigenvalue weighted by molar-refractivity contribution is -0.127. The predicted molar refractivity (Wildman–Crippen MR) is 89.7 cm³/mol. The monoisotopic (exact) mass is 357 g/mol. The van der Waals surface area contributed by atoms with E-state index < -0.39 is 0 Å². The smallest absolute Gasteiger partial charge is 0.241 e. The fourth-order valence-electron chi connectivity index (χ4n) is 1.87. The Hall–Kier alpha value is -1.11. The normalized spacial score (nSPS) is 10.5. The standard InChI is InChI=1S/C15H24BrN3O2/c1-18(2)15(20)11-19(3)14-9-13(16)6-5-12(14)10-17-7-8-21-4/h5-6,9,17H,7-8,10-11H2,1-4H3. The highest BCUT2D eigenvalue weighted by atomic mass is 79.9. The number of nitrogens with zero attached hydrogens (tertiary/aromatic N) is 2. The van der Waals surface area contributed by atoms with Crippen molar-refractivity contribution in [3.8, 4) is 0 Å². The fraction of sp³-hybridized carbons (Fsp3) is 0.533. The third-order valence-electron chi connectivity index (χ3n) is 3.13. The first-order chi connectivity index (χ1) is 9.95. The van der Waals surface area contributed by atoms with Crippen LogP contribution in [0, 0.1) is 0 Å². The number of rotatable bonds is 8. The van der Waals surface area contributed by atoms with Crippen LogP contribution in [0.4, 0.5) is 5.69 Å². The Morgan fingerprint density at radius 2 is 2.05 bits per heavy atom. The number of amides is 1. The van der Waals surface area contributed by atoms with Crippen LogP contribution in [0.5, 0.6) is 0 Å². The van der Waals surface area contributed by atoms with E-state index in [2.05, 4.69) is 27.3 Å². The number of halogens is 1. The molecule has 1 aromatic carbocycles. The lowest BCUT2D eigenvalue weighted by Crippen LogP contribution is -2.35. The van der Waals surface area contributed by atoms with Gasteiger partial charge in [0, 0.05) is 51.5 Å². The van der Waals surface area contributed by atoms with Crippen molar-refractivity contribution < 1.29 is 9.53 Å². The molecule has 6 heteroatoms. The van der Waals surface area contributed by atoms with Crippen molar-refractivity contribution in [3.05, 3.63) is 28.2 Å². The summed E-state index contributed by atoms with van der Waals surface area (Å²) < 4.78 is 6.03. The number of likely N-dealkylation sites (N-methyl/N-ethyl adjacent to an activating group) is 2. The van der Waals surface area contributed by atoms with Crippen LogP contribution in [0.1, 0.15) is 5.56 Å². The van der Waals surface area contributed by atoms with E-state index in [-0.39, 0.29) is 5.91 Å². The highest BCUT2D eigenvalue weighted by Gasteiger charge is 2.13. The van der Waals surface area contributed by atoms with Crippen molar-refractivity contribution in [3.63, 3.8) is 0 Å². The van der Waals surface area contributed by atoms with Gasteiger partial charge in [0.15, 0.2) is 0 Å². The Balaban J connectivity index is 2.78. The van der Waals surface area contributed by atoms with E-state index >= 15 is 0 Å². The Kier molecular flexibility index (Phi) is 7.71. The zero-order chi connectivity index (χ0) is 15.8. The van der Waals surface area contributed by atoms with Gasteiger partial charge in [0.25, 0.3) is 0 Å². The second kappa shape index (κ2) is 9.02. The Labute approximate surface area is 135 Å². The molecule has 0 atom stereocenters. The summed E-state index contributed by atoms with van der Waals surface area (Å²) in [5, 5.41) is 3.33. The number of anilines is 1. The number of nitrogens with one attached hydrogen (secondary N) is 1. The molecule has 0 aliphatic heterocycles. The SMILES string of the molecule is COCCNCc1ccc(Br)cc1N(C)CC(=O)N(C)C. The highest BCUT2D eigenvalue weighted by molar-refractivity contribution is 9.10. The minimum Gasteiger partial charge on any atom is -0.383 e. The largest absolute Gasteiger partial charge is 0.383 e. The summed E-state index contributed by atoms with van der Waals surface area (Å²) in [6.07, 6.45) is 0. The molecule has 118 valence electrons.